The van der Waals surface area contributed by atoms with E-state index in [9.17, 15) is 13.2 Å². The van der Waals surface area contributed by atoms with Crippen LogP contribution in [0.3, 0.4) is 0 Å². The molecule has 0 heterocycles. The van der Waals surface area contributed by atoms with Gasteiger partial charge in [-0.05, 0) is 67.0 Å². The Bertz CT molecular complexity index is 1120. The summed E-state index contributed by atoms with van der Waals surface area (Å²) in [7, 11) is -2.38. The molecule has 5 rings (SSSR count). The molecule has 2 aromatic rings. The fourth-order valence-electron chi connectivity index (χ4n) is 4.69. The van der Waals surface area contributed by atoms with Crippen LogP contribution in [0.25, 0.3) is 0 Å². The number of benzene rings is 2. The fraction of sp³-hybridized carbons (Fsp3) is 0.435. The van der Waals surface area contributed by atoms with Gasteiger partial charge in [0.1, 0.15) is 16.4 Å². The van der Waals surface area contributed by atoms with Crippen LogP contribution >= 0.6 is 0 Å². The second-order valence-corrected chi connectivity index (χ2v) is 10.3. The lowest BCUT2D eigenvalue weighted by Crippen LogP contribution is -2.39. The first-order valence-corrected chi connectivity index (χ1v) is 12.0. The van der Waals surface area contributed by atoms with E-state index >= 15 is 0 Å². The summed E-state index contributed by atoms with van der Waals surface area (Å²) in [5.74, 6) is 1.23. The number of ketones is 1. The Morgan fingerprint density at radius 1 is 1.17 bits per heavy atom. The summed E-state index contributed by atoms with van der Waals surface area (Å²) in [6.45, 7) is 0.857. The molecule has 0 atom stereocenters. The molecule has 2 N–H and O–H groups in total. The van der Waals surface area contributed by atoms with E-state index < -0.39 is 15.4 Å². The number of carbonyl (C=O) groups is 1. The molecular formula is C23H26N2O4S. The molecule has 0 bridgehead atoms. The average molecular weight is 427 g/mol. The fourth-order valence-corrected chi connectivity index (χ4v) is 5.90. The van der Waals surface area contributed by atoms with E-state index in [4.69, 9.17) is 4.74 Å². The van der Waals surface area contributed by atoms with Crippen molar-refractivity contribution < 1.29 is 17.9 Å². The van der Waals surface area contributed by atoms with Crippen molar-refractivity contribution in [3.63, 3.8) is 0 Å². The number of sulfonamides is 1. The van der Waals surface area contributed by atoms with Crippen molar-refractivity contribution in [1.82, 2.24) is 0 Å². The first kappa shape index (κ1) is 19.4. The number of carbonyl (C=O) groups excluding carboxylic acids is 1. The quantitative estimate of drug-likeness (QED) is 0.702. The van der Waals surface area contributed by atoms with E-state index in [0.717, 1.165) is 42.6 Å². The highest BCUT2D eigenvalue weighted by Gasteiger charge is 2.51. The summed E-state index contributed by atoms with van der Waals surface area (Å²) in [6, 6.07) is 10.3. The zero-order valence-electron chi connectivity index (χ0n) is 17.0. The summed E-state index contributed by atoms with van der Waals surface area (Å²) in [5, 5.41) is 3.49. The van der Waals surface area contributed by atoms with Crippen LogP contribution in [0, 0.1) is 5.92 Å². The number of hydrogen-bond acceptors (Lipinski definition) is 5. The molecule has 2 fully saturated rings. The highest BCUT2D eigenvalue weighted by Crippen LogP contribution is 2.53. The highest BCUT2D eigenvalue weighted by atomic mass is 32.2. The Hall–Kier alpha value is -2.54. The third-order valence-electron chi connectivity index (χ3n) is 6.73. The van der Waals surface area contributed by atoms with Crippen LogP contribution in [0.2, 0.25) is 0 Å². The topological polar surface area (TPSA) is 84.5 Å². The normalized spacial score (nSPS) is 19.3. The molecule has 2 saturated carbocycles. The van der Waals surface area contributed by atoms with Crippen LogP contribution in [0.4, 0.5) is 11.4 Å². The van der Waals surface area contributed by atoms with E-state index in [1.807, 2.05) is 12.1 Å². The molecule has 7 heteroatoms. The number of Topliss-reactive ketones (excluding diaryl/α,β-unsaturated/α-hetero) is 1. The van der Waals surface area contributed by atoms with Crippen molar-refractivity contribution in [1.29, 1.82) is 0 Å². The lowest BCUT2D eigenvalue weighted by molar-refractivity contribution is -0.125. The van der Waals surface area contributed by atoms with Crippen molar-refractivity contribution in [3.05, 3.63) is 47.5 Å². The number of rotatable bonds is 7. The molecule has 158 valence electrons. The second kappa shape index (κ2) is 7.01. The second-order valence-electron chi connectivity index (χ2n) is 8.67. The van der Waals surface area contributed by atoms with Crippen LogP contribution in [0.1, 0.15) is 43.2 Å². The lowest BCUT2D eigenvalue weighted by atomic mass is 9.64. The first-order valence-electron chi connectivity index (χ1n) is 10.5. The Kier molecular flexibility index (Phi) is 4.54. The maximum atomic E-state index is 13.1. The van der Waals surface area contributed by atoms with Crippen LogP contribution < -0.4 is 14.8 Å². The predicted octanol–water partition coefficient (Wildman–Crippen LogP) is 3.86. The minimum Gasteiger partial charge on any atom is -0.495 e. The number of anilines is 2. The van der Waals surface area contributed by atoms with Crippen LogP contribution in [0.15, 0.2) is 41.3 Å². The van der Waals surface area contributed by atoms with Gasteiger partial charge in [-0.25, -0.2) is 8.42 Å². The van der Waals surface area contributed by atoms with Crippen molar-refractivity contribution in [2.45, 2.75) is 48.8 Å². The molecule has 0 saturated heterocycles. The van der Waals surface area contributed by atoms with Gasteiger partial charge in [0.25, 0.3) is 10.0 Å². The van der Waals surface area contributed by atoms with Crippen molar-refractivity contribution in [2.24, 2.45) is 5.92 Å². The number of methoxy groups -OCH3 is 1. The van der Waals surface area contributed by atoms with Crippen molar-refractivity contribution in [3.8, 4) is 5.75 Å². The smallest absolute Gasteiger partial charge is 0.265 e. The van der Waals surface area contributed by atoms with Gasteiger partial charge in [-0.3, -0.25) is 9.52 Å². The van der Waals surface area contributed by atoms with Crippen molar-refractivity contribution in [2.75, 3.05) is 23.7 Å². The maximum Gasteiger partial charge on any atom is 0.265 e. The van der Waals surface area contributed by atoms with Gasteiger partial charge in [0.05, 0.1) is 18.2 Å². The van der Waals surface area contributed by atoms with Gasteiger partial charge in [0, 0.05) is 18.7 Å². The van der Waals surface area contributed by atoms with Crippen LogP contribution in [-0.2, 0) is 26.7 Å². The number of hydrogen-bond donors (Lipinski definition) is 2. The molecule has 0 aliphatic heterocycles. The number of para-hydroxylation sites is 1. The average Bonchev–Trinajstić information content (AvgIpc) is 3.46. The molecular weight excluding hydrogens is 400 g/mol. The summed E-state index contributed by atoms with van der Waals surface area (Å²) in [6.07, 6.45) is 5.61. The number of nitrogens with one attached hydrogen (secondary N) is 2. The minimum atomic E-state index is -3.84. The molecule has 6 nitrogen and oxygen atoms in total. The highest BCUT2D eigenvalue weighted by molar-refractivity contribution is 7.92. The predicted molar refractivity (Wildman–Crippen MR) is 116 cm³/mol. The third-order valence-corrected chi connectivity index (χ3v) is 8.15. The monoisotopic (exact) mass is 426 g/mol. The zero-order chi connectivity index (χ0) is 20.9. The van der Waals surface area contributed by atoms with Gasteiger partial charge in [0.15, 0.2) is 0 Å². The number of ether oxygens (including phenoxy) is 1. The van der Waals surface area contributed by atoms with Crippen molar-refractivity contribution >= 4 is 27.2 Å². The standard InChI is InChI=1S/C23H26N2O4S/c1-29-20-5-2-3-6-21(20)30(27,28)25-16-11-18-17(13-22(26)23(18)9-4-10-23)19(12-16)24-14-15-7-8-15/h2-3,5-6,11-12,15,24-25H,4,7-10,13-14H2,1H3. The van der Waals surface area contributed by atoms with E-state index in [-0.39, 0.29) is 10.7 Å². The summed E-state index contributed by atoms with van der Waals surface area (Å²) < 4.78 is 34.2. The van der Waals surface area contributed by atoms with E-state index in [0.29, 0.717) is 23.8 Å². The minimum absolute atomic E-state index is 0.0925. The Labute approximate surface area is 177 Å². The molecule has 0 unspecified atom stereocenters. The van der Waals surface area contributed by atoms with Gasteiger partial charge in [-0.15, -0.1) is 0 Å². The van der Waals surface area contributed by atoms with Gasteiger partial charge < -0.3 is 10.1 Å². The zero-order valence-corrected chi connectivity index (χ0v) is 17.8. The SMILES string of the molecule is COc1ccccc1S(=O)(=O)Nc1cc(NCC2CC2)c2c(c1)C1(CCC1)C(=O)C2. The van der Waals surface area contributed by atoms with E-state index in [1.165, 1.54) is 26.0 Å². The van der Waals surface area contributed by atoms with Crippen LogP contribution in [-0.4, -0.2) is 27.9 Å². The van der Waals surface area contributed by atoms with Gasteiger partial charge >= 0.3 is 0 Å². The maximum absolute atomic E-state index is 13.1. The molecule has 3 aliphatic rings. The molecule has 3 aliphatic carbocycles. The molecule has 1 spiro atoms. The molecule has 30 heavy (non-hydrogen) atoms. The molecule has 0 aromatic heterocycles. The third kappa shape index (κ3) is 3.16. The van der Waals surface area contributed by atoms with Gasteiger partial charge in [-0.2, -0.15) is 0 Å². The lowest BCUT2D eigenvalue weighted by Gasteiger charge is -2.38. The Balaban J connectivity index is 1.54. The van der Waals surface area contributed by atoms with Gasteiger partial charge in [-0.1, -0.05) is 18.6 Å². The molecule has 0 radical (unpaired) electrons. The first-order chi connectivity index (χ1) is 14.4. The Morgan fingerprint density at radius 3 is 2.60 bits per heavy atom. The molecule has 0 amide bonds. The van der Waals surface area contributed by atoms with E-state index in [2.05, 4.69) is 10.0 Å². The largest absolute Gasteiger partial charge is 0.495 e. The van der Waals surface area contributed by atoms with Gasteiger partial charge in [0.2, 0.25) is 0 Å². The summed E-state index contributed by atoms with van der Waals surface area (Å²) in [4.78, 5) is 12.9. The Morgan fingerprint density at radius 2 is 1.93 bits per heavy atom. The number of fused-ring (bicyclic) bond motifs is 2. The molecule has 2 aromatic carbocycles. The van der Waals surface area contributed by atoms with E-state index in [1.54, 1.807) is 18.2 Å². The van der Waals surface area contributed by atoms with Crippen LogP contribution in [0.5, 0.6) is 5.75 Å². The summed E-state index contributed by atoms with van der Waals surface area (Å²) in [5.41, 5.74) is 2.99. The summed E-state index contributed by atoms with van der Waals surface area (Å²) >= 11 is 0.